The number of hydrogen-bond donors (Lipinski definition) is 3. The van der Waals surface area contributed by atoms with Gasteiger partial charge in [0.2, 0.25) is 0 Å². The van der Waals surface area contributed by atoms with Crippen LogP contribution in [0.2, 0.25) is 0 Å². The Balaban J connectivity index is 0.00000245. The van der Waals surface area contributed by atoms with E-state index in [4.69, 9.17) is 4.74 Å². The molecule has 5 rings (SSSR count). The van der Waals surface area contributed by atoms with Gasteiger partial charge in [0.25, 0.3) is 5.91 Å². The maximum Gasteiger partial charge on any atom is 0.268 e. The number of carbonyl (C=O) groups excluding carboxylic acids is 1. The van der Waals surface area contributed by atoms with Crippen LogP contribution in [-0.4, -0.2) is 30.1 Å². The molecule has 0 bridgehead atoms. The van der Waals surface area contributed by atoms with Crippen LogP contribution < -0.4 is 15.4 Å². The lowest BCUT2D eigenvalue weighted by Crippen LogP contribution is -2.34. The summed E-state index contributed by atoms with van der Waals surface area (Å²) in [6.07, 6.45) is 2.21. The van der Waals surface area contributed by atoms with Crippen molar-refractivity contribution in [2.24, 2.45) is 0 Å². The Hall–Kier alpha value is -3.02. The number of halogens is 1. The predicted octanol–water partition coefficient (Wildman–Crippen LogP) is 5.11. The quantitative estimate of drug-likeness (QED) is 0.396. The Morgan fingerprint density at radius 1 is 1.03 bits per heavy atom. The fraction of sp³-hybridized carbons (Fsp3) is 0.269. The summed E-state index contributed by atoms with van der Waals surface area (Å²) in [5.41, 5.74) is 3.56. The number of aryl methyl sites for hydroxylation is 1. The van der Waals surface area contributed by atoms with E-state index in [0.29, 0.717) is 12.2 Å². The van der Waals surface area contributed by atoms with E-state index < -0.39 is 0 Å². The average Bonchev–Trinajstić information content (AvgIpc) is 3.15. The van der Waals surface area contributed by atoms with Gasteiger partial charge in [0.05, 0.1) is 0 Å². The van der Waals surface area contributed by atoms with Gasteiger partial charge in [-0.2, -0.15) is 0 Å². The highest BCUT2D eigenvalue weighted by Gasteiger charge is 2.20. The van der Waals surface area contributed by atoms with Gasteiger partial charge in [0.1, 0.15) is 17.5 Å². The van der Waals surface area contributed by atoms with Gasteiger partial charge in [0.15, 0.2) is 0 Å². The van der Waals surface area contributed by atoms with E-state index in [-0.39, 0.29) is 24.4 Å². The number of rotatable bonds is 5. The van der Waals surface area contributed by atoms with E-state index in [0.717, 1.165) is 59.1 Å². The van der Waals surface area contributed by atoms with Crippen molar-refractivity contribution < 1.29 is 9.53 Å². The van der Waals surface area contributed by atoms with Crippen LogP contribution in [0.15, 0.2) is 60.7 Å². The van der Waals surface area contributed by atoms with Crippen LogP contribution >= 0.6 is 12.4 Å². The topological polar surface area (TPSA) is 66.2 Å². The Morgan fingerprint density at radius 3 is 2.62 bits per heavy atom. The number of aromatic amines is 1. The highest BCUT2D eigenvalue weighted by molar-refractivity contribution is 6.02. The van der Waals surface area contributed by atoms with Crippen LogP contribution in [0.25, 0.3) is 21.7 Å². The number of amides is 1. The Kier molecular flexibility index (Phi) is 6.68. The number of ether oxygens (including phenoxy) is 1. The van der Waals surface area contributed by atoms with Gasteiger partial charge >= 0.3 is 0 Å². The zero-order chi connectivity index (χ0) is 21.2. The first-order valence-corrected chi connectivity index (χ1v) is 10.9. The first kappa shape index (κ1) is 22.2. The molecule has 1 fully saturated rings. The summed E-state index contributed by atoms with van der Waals surface area (Å²) in [5, 5.41) is 9.79. The van der Waals surface area contributed by atoms with Crippen LogP contribution in [0.1, 0.15) is 34.5 Å². The van der Waals surface area contributed by atoms with Gasteiger partial charge in [-0.05, 0) is 66.9 Å². The third-order valence-corrected chi connectivity index (χ3v) is 6.16. The molecule has 6 heteroatoms. The van der Waals surface area contributed by atoms with Crippen LogP contribution in [0, 0.1) is 6.92 Å². The number of nitrogens with one attached hydrogen (secondary N) is 3. The van der Waals surface area contributed by atoms with Crippen molar-refractivity contribution in [1.82, 2.24) is 15.6 Å². The highest BCUT2D eigenvalue weighted by atomic mass is 35.5. The van der Waals surface area contributed by atoms with E-state index in [1.165, 1.54) is 5.39 Å². The molecule has 166 valence electrons. The van der Waals surface area contributed by atoms with Crippen molar-refractivity contribution in [2.75, 3.05) is 13.1 Å². The van der Waals surface area contributed by atoms with Crippen molar-refractivity contribution in [3.63, 3.8) is 0 Å². The lowest BCUT2D eigenvalue weighted by atomic mass is 10.0. The minimum atomic E-state index is -0.102. The molecule has 32 heavy (non-hydrogen) atoms. The zero-order valence-corrected chi connectivity index (χ0v) is 18.9. The molecule has 0 atom stereocenters. The molecule has 1 aromatic heterocycles. The number of fused-ring (bicyclic) bond motifs is 2. The normalized spacial score (nSPS) is 14.3. The van der Waals surface area contributed by atoms with Gasteiger partial charge in [-0.3, -0.25) is 4.79 Å². The first-order valence-electron chi connectivity index (χ1n) is 10.9. The summed E-state index contributed by atoms with van der Waals surface area (Å²) in [5.74, 6) is 0.751. The number of piperidine rings is 1. The molecule has 5 nitrogen and oxygen atoms in total. The molecule has 0 radical (unpaired) electrons. The largest absolute Gasteiger partial charge is 0.490 e. The number of carbonyl (C=O) groups is 1. The molecule has 0 saturated carbocycles. The van der Waals surface area contributed by atoms with E-state index in [2.05, 4.69) is 39.9 Å². The van der Waals surface area contributed by atoms with Crippen molar-refractivity contribution >= 4 is 40.0 Å². The second-order valence-corrected chi connectivity index (χ2v) is 8.19. The van der Waals surface area contributed by atoms with Gasteiger partial charge in [-0.25, -0.2) is 0 Å². The van der Waals surface area contributed by atoms with Gasteiger partial charge in [-0.1, -0.05) is 48.5 Å². The Morgan fingerprint density at radius 2 is 1.78 bits per heavy atom. The standard InChI is InChI=1S/C26H27N3O2.ClH/c1-17-24-22(10-5-11-23(24)31-20-12-14-27-15-13-20)29-25(17)26(30)28-16-19-8-4-7-18-6-2-3-9-21(18)19;/h2-11,20,27,29H,12-16H2,1H3,(H,28,30);1H. The lowest BCUT2D eigenvalue weighted by Gasteiger charge is -2.24. The molecule has 4 aromatic rings. The maximum absolute atomic E-state index is 13.1. The van der Waals surface area contributed by atoms with Crippen molar-refractivity contribution in [2.45, 2.75) is 32.4 Å². The molecule has 3 aromatic carbocycles. The van der Waals surface area contributed by atoms with E-state index in [9.17, 15) is 4.79 Å². The number of H-pyrrole nitrogens is 1. The molecule has 3 N–H and O–H groups in total. The summed E-state index contributed by atoms with van der Waals surface area (Å²) >= 11 is 0. The Labute approximate surface area is 194 Å². The third kappa shape index (κ3) is 4.31. The average molecular weight is 450 g/mol. The van der Waals surface area contributed by atoms with Crippen molar-refractivity contribution in [3.05, 3.63) is 77.5 Å². The zero-order valence-electron chi connectivity index (χ0n) is 18.1. The van der Waals surface area contributed by atoms with E-state index in [1.54, 1.807) is 0 Å². The van der Waals surface area contributed by atoms with Gasteiger partial charge in [-0.15, -0.1) is 12.4 Å². The summed E-state index contributed by atoms with van der Waals surface area (Å²) in [4.78, 5) is 16.4. The van der Waals surface area contributed by atoms with Crippen molar-refractivity contribution in [3.8, 4) is 5.75 Å². The van der Waals surface area contributed by atoms with Crippen LogP contribution in [-0.2, 0) is 6.54 Å². The fourth-order valence-electron chi connectivity index (χ4n) is 4.50. The number of aromatic nitrogens is 1. The molecule has 1 saturated heterocycles. The smallest absolute Gasteiger partial charge is 0.268 e. The number of benzene rings is 3. The molecular weight excluding hydrogens is 422 g/mol. The van der Waals surface area contributed by atoms with Gasteiger partial charge in [0, 0.05) is 17.4 Å². The maximum atomic E-state index is 13.1. The van der Waals surface area contributed by atoms with E-state index >= 15 is 0 Å². The fourth-order valence-corrected chi connectivity index (χ4v) is 4.50. The highest BCUT2D eigenvalue weighted by Crippen LogP contribution is 2.32. The molecular formula is C26H28ClN3O2. The summed E-state index contributed by atoms with van der Waals surface area (Å²) in [6, 6.07) is 20.4. The first-order chi connectivity index (χ1) is 15.2. The predicted molar refractivity (Wildman–Crippen MR) is 132 cm³/mol. The summed E-state index contributed by atoms with van der Waals surface area (Å²) < 4.78 is 6.33. The Bertz CT molecular complexity index is 1240. The lowest BCUT2D eigenvalue weighted by molar-refractivity contribution is 0.0946. The summed E-state index contributed by atoms with van der Waals surface area (Å²) in [6.45, 7) is 4.43. The van der Waals surface area contributed by atoms with Crippen molar-refractivity contribution in [1.29, 1.82) is 0 Å². The molecule has 0 aliphatic carbocycles. The SMILES string of the molecule is Cc1c(C(=O)NCc2cccc3ccccc23)[nH]c2cccc(OC3CCNCC3)c12.Cl. The monoisotopic (exact) mass is 449 g/mol. The van der Waals surface area contributed by atoms with Gasteiger partial charge < -0.3 is 20.4 Å². The van der Waals surface area contributed by atoms with Crippen LogP contribution in [0.5, 0.6) is 5.75 Å². The van der Waals surface area contributed by atoms with E-state index in [1.807, 2.05) is 43.3 Å². The van der Waals surface area contributed by atoms with Crippen LogP contribution in [0.4, 0.5) is 0 Å². The summed E-state index contributed by atoms with van der Waals surface area (Å²) in [7, 11) is 0. The molecule has 2 heterocycles. The second kappa shape index (κ2) is 9.63. The molecule has 0 unspecified atom stereocenters. The number of hydrogen-bond acceptors (Lipinski definition) is 3. The van der Waals surface area contributed by atoms with Crippen LogP contribution in [0.3, 0.4) is 0 Å². The third-order valence-electron chi connectivity index (χ3n) is 6.16. The molecule has 1 aliphatic heterocycles. The molecule has 0 spiro atoms. The minimum Gasteiger partial charge on any atom is -0.490 e. The molecule has 1 amide bonds. The second-order valence-electron chi connectivity index (χ2n) is 8.19. The molecule has 1 aliphatic rings. The minimum absolute atomic E-state index is 0.